The molecule has 0 aromatic heterocycles. The van der Waals surface area contributed by atoms with E-state index >= 15 is 0 Å². The largest absolute Gasteiger partial charge is 0.395 e. The van der Waals surface area contributed by atoms with Gasteiger partial charge in [0.15, 0.2) is 0 Å². The van der Waals surface area contributed by atoms with Crippen molar-refractivity contribution in [3.05, 3.63) is 0 Å². The van der Waals surface area contributed by atoms with Gasteiger partial charge in [-0.15, -0.1) is 0 Å². The highest BCUT2D eigenvalue weighted by Gasteiger charge is 2.29. The van der Waals surface area contributed by atoms with Crippen molar-refractivity contribution in [1.29, 1.82) is 0 Å². The van der Waals surface area contributed by atoms with E-state index in [4.69, 9.17) is 4.74 Å². The molecule has 0 spiro atoms. The van der Waals surface area contributed by atoms with Gasteiger partial charge in [-0.1, -0.05) is 13.8 Å². The van der Waals surface area contributed by atoms with Gasteiger partial charge in [0.1, 0.15) is 0 Å². The molecule has 4 nitrogen and oxygen atoms in total. The molecular weight excluding hydrogens is 252 g/mol. The van der Waals surface area contributed by atoms with E-state index in [1.54, 1.807) is 7.11 Å². The van der Waals surface area contributed by atoms with Gasteiger partial charge in [0.2, 0.25) is 0 Å². The van der Waals surface area contributed by atoms with Crippen LogP contribution in [0.25, 0.3) is 0 Å². The van der Waals surface area contributed by atoms with Crippen LogP contribution < -0.4 is 5.32 Å². The molecule has 1 fully saturated rings. The van der Waals surface area contributed by atoms with Gasteiger partial charge in [-0.25, -0.2) is 0 Å². The first-order valence-corrected chi connectivity index (χ1v) is 8.26. The summed E-state index contributed by atoms with van der Waals surface area (Å²) in [4.78, 5) is 2.35. The van der Waals surface area contributed by atoms with Gasteiger partial charge in [0.05, 0.1) is 13.2 Å². The second-order valence-corrected chi connectivity index (χ2v) is 6.26. The summed E-state index contributed by atoms with van der Waals surface area (Å²) in [6, 6.07) is 0.648. The van der Waals surface area contributed by atoms with Crippen molar-refractivity contribution in [3.8, 4) is 0 Å². The Labute approximate surface area is 124 Å². The fraction of sp³-hybridized carbons (Fsp3) is 1.00. The summed E-state index contributed by atoms with van der Waals surface area (Å²) in [5.41, 5.74) is 0. The molecule has 3 unspecified atom stereocenters. The molecular formula is C16H34N2O2. The number of methoxy groups -OCH3 is 1. The molecule has 4 heteroatoms. The van der Waals surface area contributed by atoms with Gasteiger partial charge in [-0.05, 0) is 44.1 Å². The Morgan fingerprint density at radius 3 is 2.75 bits per heavy atom. The maximum atomic E-state index is 9.23. The number of nitrogens with one attached hydrogen (secondary N) is 1. The van der Waals surface area contributed by atoms with Gasteiger partial charge < -0.3 is 15.2 Å². The molecule has 1 rings (SSSR count). The van der Waals surface area contributed by atoms with Crippen molar-refractivity contribution in [2.75, 3.05) is 46.5 Å². The minimum atomic E-state index is 0.235. The van der Waals surface area contributed by atoms with E-state index in [-0.39, 0.29) is 6.61 Å². The molecule has 20 heavy (non-hydrogen) atoms. The molecule has 1 aliphatic rings. The Balaban J connectivity index is 2.51. The van der Waals surface area contributed by atoms with Crippen molar-refractivity contribution in [3.63, 3.8) is 0 Å². The van der Waals surface area contributed by atoms with E-state index in [0.717, 1.165) is 38.7 Å². The topological polar surface area (TPSA) is 44.7 Å². The third-order valence-electron chi connectivity index (χ3n) is 4.42. The zero-order valence-corrected chi connectivity index (χ0v) is 13.6. The smallest absolute Gasteiger partial charge is 0.0589 e. The third kappa shape index (κ3) is 6.53. The van der Waals surface area contributed by atoms with Crippen LogP contribution in [0, 0.1) is 11.8 Å². The molecule has 0 aromatic carbocycles. The Morgan fingerprint density at radius 2 is 2.10 bits per heavy atom. The Bertz CT molecular complexity index is 237. The Kier molecular flexibility index (Phi) is 9.44. The zero-order chi connectivity index (χ0) is 14.8. The highest BCUT2D eigenvalue weighted by Crippen LogP contribution is 2.29. The number of ether oxygens (including phenoxy) is 1. The molecule has 0 radical (unpaired) electrons. The van der Waals surface area contributed by atoms with E-state index in [0.29, 0.717) is 12.0 Å². The molecule has 1 saturated carbocycles. The van der Waals surface area contributed by atoms with Crippen LogP contribution in [-0.2, 0) is 4.74 Å². The van der Waals surface area contributed by atoms with Crippen LogP contribution >= 0.6 is 0 Å². The summed E-state index contributed by atoms with van der Waals surface area (Å²) < 4.78 is 5.18. The summed E-state index contributed by atoms with van der Waals surface area (Å²) in [5.74, 6) is 1.53. The van der Waals surface area contributed by atoms with Gasteiger partial charge >= 0.3 is 0 Å². The van der Waals surface area contributed by atoms with Crippen LogP contribution in [-0.4, -0.2) is 62.6 Å². The quantitative estimate of drug-likeness (QED) is 0.642. The second kappa shape index (κ2) is 10.6. The number of aliphatic hydroxyl groups excluding tert-OH is 1. The SMILES string of the molecule is CCCNC1CCC(C)CC1CN(CCO)CCOC. The monoisotopic (exact) mass is 286 g/mol. The molecule has 0 aromatic rings. The summed E-state index contributed by atoms with van der Waals surface area (Å²) in [6.45, 7) is 9.45. The van der Waals surface area contributed by atoms with Gasteiger partial charge in [0, 0.05) is 32.8 Å². The second-order valence-electron chi connectivity index (χ2n) is 6.26. The lowest BCUT2D eigenvalue weighted by Crippen LogP contribution is -2.47. The van der Waals surface area contributed by atoms with Crippen LogP contribution in [0.15, 0.2) is 0 Å². The van der Waals surface area contributed by atoms with Gasteiger partial charge in [0.25, 0.3) is 0 Å². The normalized spacial score (nSPS) is 27.1. The van der Waals surface area contributed by atoms with E-state index in [1.807, 2.05) is 0 Å². The fourth-order valence-corrected chi connectivity index (χ4v) is 3.29. The molecule has 2 N–H and O–H groups in total. The molecule has 0 heterocycles. The predicted octanol–water partition coefficient (Wildman–Crippen LogP) is 1.73. The number of hydrogen-bond acceptors (Lipinski definition) is 4. The summed E-state index contributed by atoms with van der Waals surface area (Å²) in [6.07, 6.45) is 5.14. The first kappa shape index (κ1) is 17.9. The lowest BCUT2D eigenvalue weighted by atomic mass is 9.78. The number of nitrogens with zero attached hydrogens (tertiary/aromatic N) is 1. The summed E-state index contributed by atoms with van der Waals surface area (Å²) in [7, 11) is 1.74. The third-order valence-corrected chi connectivity index (χ3v) is 4.42. The maximum Gasteiger partial charge on any atom is 0.0589 e. The van der Waals surface area contributed by atoms with Crippen LogP contribution in [0.4, 0.5) is 0 Å². The highest BCUT2D eigenvalue weighted by atomic mass is 16.5. The minimum Gasteiger partial charge on any atom is -0.395 e. The highest BCUT2D eigenvalue weighted by molar-refractivity contribution is 4.85. The Morgan fingerprint density at radius 1 is 1.30 bits per heavy atom. The lowest BCUT2D eigenvalue weighted by Gasteiger charge is -2.38. The summed E-state index contributed by atoms with van der Waals surface area (Å²) >= 11 is 0. The molecule has 1 aliphatic carbocycles. The number of rotatable bonds is 10. The van der Waals surface area contributed by atoms with Gasteiger partial charge in [-0.3, -0.25) is 4.90 Å². The molecule has 3 atom stereocenters. The first-order valence-electron chi connectivity index (χ1n) is 8.26. The first-order chi connectivity index (χ1) is 9.71. The fourth-order valence-electron chi connectivity index (χ4n) is 3.29. The lowest BCUT2D eigenvalue weighted by molar-refractivity contribution is 0.0953. The molecule has 120 valence electrons. The Hall–Kier alpha value is -0.160. The molecule has 0 bridgehead atoms. The predicted molar refractivity (Wildman–Crippen MR) is 84.0 cm³/mol. The zero-order valence-electron chi connectivity index (χ0n) is 13.6. The van der Waals surface area contributed by atoms with Crippen LogP contribution in [0.5, 0.6) is 0 Å². The van der Waals surface area contributed by atoms with Crippen LogP contribution in [0.3, 0.4) is 0 Å². The maximum absolute atomic E-state index is 9.23. The van der Waals surface area contributed by atoms with Gasteiger partial charge in [-0.2, -0.15) is 0 Å². The van der Waals surface area contributed by atoms with Crippen molar-refractivity contribution >= 4 is 0 Å². The average molecular weight is 286 g/mol. The number of hydrogen-bond donors (Lipinski definition) is 2. The summed E-state index contributed by atoms with van der Waals surface area (Å²) in [5, 5.41) is 13.0. The minimum absolute atomic E-state index is 0.235. The van der Waals surface area contributed by atoms with E-state index in [9.17, 15) is 5.11 Å². The average Bonchev–Trinajstić information content (AvgIpc) is 2.44. The van der Waals surface area contributed by atoms with Crippen molar-refractivity contribution in [2.24, 2.45) is 11.8 Å². The van der Waals surface area contributed by atoms with Crippen molar-refractivity contribution in [2.45, 2.75) is 45.6 Å². The molecule has 0 amide bonds. The van der Waals surface area contributed by atoms with E-state index < -0.39 is 0 Å². The molecule has 0 aliphatic heterocycles. The molecule has 0 saturated heterocycles. The van der Waals surface area contributed by atoms with Crippen molar-refractivity contribution < 1.29 is 9.84 Å². The van der Waals surface area contributed by atoms with E-state index in [1.165, 1.54) is 25.7 Å². The van der Waals surface area contributed by atoms with Crippen LogP contribution in [0.2, 0.25) is 0 Å². The van der Waals surface area contributed by atoms with Crippen molar-refractivity contribution in [1.82, 2.24) is 10.2 Å². The number of aliphatic hydroxyl groups is 1. The van der Waals surface area contributed by atoms with E-state index in [2.05, 4.69) is 24.1 Å². The standard InChI is InChI=1S/C16H34N2O2/c1-4-7-17-16-6-5-14(2)12-15(16)13-18(8-10-19)9-11-20-3/h14-17,19H,4-13H2,1-3H3. The van der Waals surface area contributed by atoms with Crippen LogP contribution in [0.1, 0.15) is 39.5 Å².